The molecule has 0 saturated heterocycles. The van der Waals surface area contributed by atoms with Gasteiger partial charge in [-0.2, -0.15) is 11.8 Å². The van der Waals surface area contributed by atoms with E-state index in [-0.39, 0.29) is 36.7 Å². The predicted molar refractivity (Wildman–Crippen MR) is 160 cm³/mol. The third kappa shape index (κ3) is 9.38. The highest BCUT2D eigenvalue weighted by molar-refractivity contribution is 7.98. The molecular formula is C30H41N5O4S. The van der Waals surface area contributed by atoms with Gasteiger partial charge >= 0.3 is 5.97 Å². The van der Waals surface area contributed by atoms with Crippen LogP contribution >= 0.6 is 11.8 Å². The minimum absolute atomic E-state index is 0.0688. The zero-order chi connectivity index (χ0) is 28.9. The Morgan fingerprint density at radius 3 is 2.58 bits per heavy atom. The molecule has 40 heavy (non-hydrogen) atoms. The van der Waals surface area contributed by atoms with Gasteiger partial charge in [0.15, 0.2) is 0 Å². The Morgan fingerprint density at radius 2 is 1.88 bits per heavy atom. The van der Waals surface area contributed by atoms with Gasteiger partial charge in [-0.25, -0.2) is 9.78 Å². The molecular weight excluding hydrogens is 526 g/mol. The summed E-state index contributed by atoms with van der Waals surface area (Å²) in [6.45, 7) is 5.24. The number of esters is 1. The lowest BCUT2D eigenvalue weighted by Gasteiger charge is -2.31. The standard InChI is InChI=1S/C30H41N5O4S/c1-5-21(2)27(34-28(36)15-24-16-31-20-32-24)18-35(17-23-11-8-10-22-9-6-7-12-25(22)23)19-29(37)33-26(13-14-40-4)30(38)39-3/h6-12,16,20-21,26-27H,5,13-15,17-19H2,1-4H3,(H,31,32)(H,33,37)(H,34,36). The topological polar surface area (TPSA) is 116 Å². The molecule has 3 atom stereocenters. The smallest absolute Gasteiger partial charge is 0.328 e. The Labute approximate surface area is 240 Å². The van der Waals surface area contributed by atoms with E-state index in [2.05, 4.69) is 58.7 Å². The number of aromatic amines is 1. The van der Waals surface area contributed by atoms with Crippen LogP contribution in [0, 0.1) is 5.92 Å². The summed E-state index contributed by atoms with van der Waals surface area (Å²) in [4.78, 5) is 47.6. The first-order chi connectivity index (χ1) is 19.3. The molecule has 1 heterocycles. The molecule has 0 spiro atoms. The lowest BCUT2D eigenvalue weighted by molar-refractivity contribution is -0.145. The van der Waals surface area contributed by atoms with Gasteiger partial charge in [-0.15, -0.1) is 0 Å². The van der Waals surface area contributed by atoms with Gasteiger partial charge in [0.1, 0.15) is 6.04 Å². The van der Waals surface area contributed by atoms with Crippen LogP contribution in [0.4, 0.5) is 0 Å². The molecule has 3 rings (SSSR count). The van der Waals surface area contributed by atoms with Crippen molar-refractivity contribution in [3.05, 3.63) is 66.2 Å². The first kappa shape index (κ1) is 31.2. The minimum atomic E-state index is -0.705. The molecule has 0 bridgehead atoms. The van der Waals surface area contributed by atoms with Crippen LogP contribution in [0.1, 0.15) is 37.9 Å². The summed E-state index contributed by atoms with van der Waals surface area (Å²) in [6, 6.07) is 13.4. The fraction of sp³-hybridized carbons (Fsp3) is 0.467. The second-order valence-electron chi connectivity index (χ2n) is 10.0. The van der Waals surface area contributed by atoms with Crippen molar-refractivity contribution in [2.75, 3.05) is 32.2 Å². The Hall–Kier alpha value is -3.37. The Bertz CT molecular complexity index is 1230. The van der Waals surface area contributed by atoms with Crippen LogP contribution in [-0.2, 0) is 32.1 Å². The van der Waals surface area contributed by atoms with Crippen molar-refractivity contribution in [3.63, 3.8) is 0 Å². The molecule has 0 saturated carbocycles. The Kier molecular flexibility index (Phi) is 12.5. The van der Waals surface area contributed by atoms with E-state index in [9.17, 15) is 14.4 Å². The van der Waals surface area contributed by atoms with Gasteiger partial charge in [-0.05, 0) is 40.7 Å². The summed E-state index contributed by atoms with van der Waals surface area (Å²) in [5.41, 5.74) is 1.83. The number of amides is 2. The van der Waals surface area contributed by atoms with Crippen LogP contribution < -0.4 is 10.6 Å². The summed E-state index contributed by atoms with van der Waals surface area (Å²) in [7, 11) is 1.33. The Balaban J connectivity index is 1.82. The summed E-state index contributed by atoms with van der Waals surface area (Å²) in [5, 5.41) is 8.31. The molecule has 3 unspecified atom stereocenters. The molecule has 0 radical (unpaired) electrons. The predicted octanol–water partition coefficient (Wildman–Crippen LogP) is 3.55. The highest BCUT2D eigenvalue weighted by atomic mass is 32.2. The van der Waals surface area contributed by atoms with Crippen molar-refractivity contribution < 1.29 is 19.1 Å². The molecule has 9 nitrogen and oxygen atoms in total. The maximum Gasteiger partial charge on any atom is 0.328 e. The maximum absolute atomic E-state index is 13.3. The van der Waals surface area contributed by atoms with Crippen LogP contribution in [0.5, 0.6) is 0 Å². The highest BCUT2D eigenvalue weighted by Crippen LogP contribution is 2.21. The first-order valence-corrected chi connectivity index (χ1v) is 15.1. The molecule has 3 aromatic rings. The molecule has 0 aliphatic rings. The summed E-state index contributed by atoms with van der Waals surface area (Å²) in [5.74, 6) is 0.0770. The van der Waals surface area contributed by atoms with Gasteiger partial charge in [0.2, 0.25) is 11.8 Å². The molecule has 2 amide bonds. The third-order valence-corrected chi connectivity index (χ3v) is 7.75. The lowest BCUT2D eigenvalue weighted by Crippen LogP contribution is -2.51. The molecule has 2 aromatic carbocycles. The number of imidazole rings is 1. The van der Waals surface area contributed by atoms with Gasteiger partial charge in [-0.1, -0.05) is 62.7 Å². The van der Waals surface area contributed by atoms with E-state index in [4.69, 9.17) is 4.74 Å². The number of benzene rings is 2. The average molecular weight is 568 g/mol. The first-order valence-electron chi connectivity index (χ1n) is 13.7. The number of ether oxygens (including phenoxy) is 1. The number of carbonyl (C=O) groups excluding carboxylic acids is 3. The summed E-state index contributed by atoms with van der Waals surface area (Å²) in [6.07, 6.45) is 6.71. The van der Waals surface area contributed by atoms with Crippen LogP contribution in [-0.4, -0.2) is 76.9 Å². The van der Waals surface area contributed by atoms with Crippen molar-refractivity contribution >= 4 is 40.3 Å². The van der Waals surface area contributed by atoms with Crippen LogP contribution in [0.2, 0.25) is 0 Å². The van der Waals surface area contributed by atoms with Crippen LogP contribution in [0.15, 0.2) is 55.0 Å². The fourth-order valence-electron chi connectivity index (χ4n) is 4.67. The van der Waals surface area contributed by atoms with Crippen molar-refractivity contribution in [2.24, 2.45) is 5.92 Å². The number of hydrogen-bond acceptors (Lipinski definition) is 7. The van der Waals surface area contributed by atoms with Crippen molar-refractivity contribution in [1.29, 1.82) is 0 Å². The second kappa shape index (κ2) is 16.0. The number of thioether (sulfide) groups is 1. The van der Waals surface area contributed by atoms with Crippen molar-refractivity contribution in [3.8, 4) is 0 Å². The molecule has 0 fully saturated rings. The number of nitrogens with zero attached hydrogens (tertiary/aromatic N) is 2. The molecule has 216 valence electrons. The van der Waals surface area contributed by atoms with Gasteiger partial charge in [-0.3, -0.25) is 14.5 Å². The van der Waals surface area contributed by atoms with E-state index in [1.165, 1.54) is 7.11 Å². The molecule has 0 aliphatic carbocycles. The molecule has 3 N–H and O–H groups in total. The van der Waals surface area contributed by atoms with E-state index in [0.717, 1.165) is 34.2 Å². The minimum Gasteiger partial charge on any atom is -0.467 e. The fourth-order valence-corrected chi connectivity index (χ4v) is 5.14. The van der Waals surface area contributed by atoms with Crippen LogP contribution in [0.3, 0.4) is 0 Å². The van der Waals surface area contributed by atoms with Gasteiger partial charge < -0.3 is 20.4 Å². The van der Waals surface area contributed by atoms with Crippen molar-refractivity contribution in [2.45, 2.75) is 51.7 Å². The summed E-state index contributed by atoms with van der Waals surface area (Å²) < 4.78 is 4.93. The zero-order valence-corrected chi connectivity index (χ0v) is 24.6. The van der Waals surface area contributed by atoms with E-state index in [0.29, 0.717) is 19.5 Å². The quantitative estimate of drug-likeness (QED) is 0.227. The van der Waals surface area contributed by atoms with E-state index >= 15 is 0 Å². The third-order valence-electron chi connectivity index (χ3n) is 7.11. The van der Waals surface area contributed by atoms with E-state index in [1.807, 2.05) is 29.4 Å². The molecule has 1 aromatic heterocycles. The van der Waals surface area contributed by atoms with E-state index < -0.39 is 12.0 Å². The molecule has 0 aliphatic heterocycles. The van der Waals surface area contributed by atoms with Crippen LogP contribution in [0.25, 0.3) is 10.8 Å². The Morgan fingerprint density at radius 1 is 1.10 bits per heavy atom. The van der Waals surface area contributed by atoms with Crippen molar-refractivity contribution in [1.82, 2.24) is 25.5 Å². The monoisotopic (exact) mass is 567 g/mol. The normalized spacial score (nSPS) is 13.5. The second-order valence-corrected chi connectivity index (χ2v) is 11.0. The number of H-pyrrole nitrogens is 1. The molecule has 10 heteroatoms. The lowest BCUT2D eigenvalue weighted by atomic mass is 9.97. The maximum atomic E-state index is 13.3. The SMILES string of the molecule is CCC(C)C(CN(CC(=O)NC(CCSC)C(=O)OC)Cc1cccc2ccccc12)NC(=O)Cc1cnc[nH]1. The van der Waals surface area contributed by atoms with E-state index in [1.54, 1.807) is 24.3 Å². The zero-order valence-electron chi connectivity index (χ0n) is 23.8. The number of nitrogens with one attached hydrogen (secondary N) is 3. The number of fused-ring (bicyclic) bond motifs is 1. The van der Waals surface area contributed by atoms with Gasteiger partial charge in [0.25, 0.3) is 0 Å². The summed E-state index contributed by atoms with van der Waals surface area (Å²) >= 11 is 1.61. The highest BCUT2D eigenvalue weighted by Gasteiger charge is 2.26. The number of methoxy groups -OCH3 is 1. The number of rotatable bonds is 16. The number of aromatic nitrogens is 2. The van der Waals surface area contributed by atoms with Gasteiger partial charge in [0, 0.05) is 31.0 Å². The largest absolute Gasteiger partial charge is 0.467 e. The number of carbonyl (C=O) groups is 3. The average Bonchev–Trinajstić information content (AvgIpc) is 3.47. The number of hydrogen-bond donors (Lipinski definition) is 3. The van der Waals surface area contributed by atoms with Gasteiger partial charge in [0.05, 0.1) is 26.4 Å².